The number of hydrogen-bond donors (Lipinski definition) is 11. The molecule has 0 aromatic heterocycles. The predicted octanol–water partition coefficient (Wildman–Crippen LogP) is -7.70. The molecule has 11 N–H and O–H groups in total. The van der Waals surface area contributed by atoms with E-state index in [1.807, 2.05) is 0 Å². The molecule has 17 atom stereocenters. The summed E-state index contributed by atoms with van der Waals surface area (Å²) >= 11 is 0. The number of carbonyl (C=O) groups is 1. The molecule has 238 valence electrons. The Labute approximate surface area is 231 Å². The van der Waals surface area contributed by atoms with E-state index >= 15 is 0 Å². The van der Waals surface area contributed by atoms with Crippen molar-refractivity contribution in [2.24, 2.45) is 0 Å². The molecule has 4 saturated heterocycles. The second-order valence-corrected chi connectivity index (χ2v) is 10.2. The average Bonchev–Trinajstić information content (AvgIpc) is 2.94. The molecule has 0 bridgehead atoms. The van der Waals surface area contributed by atoms with Gasteiger partial charge in [-0.1, -0.05) is 0 Å². The molecule has 4 aliphatic heterocycles. The first-order valence-corrected chi connectivity index (χ1v) is 12.8. The quantitative estimate of drug-likeness (QED) is 0.122. The van der Waals surface area contributed by atoms with Gasteiger partial charge in [-0.15, -0.1) is 0 Å². The van der Waals surface area contributed by atoms with E-state index in [1.54, 1.807) is 0 Å². The van der Waals surface area contributed by atoms with Crippen molar-refractivity contribution in [3.63, 3.8) is 0 Å². The van der Waals surface area contributed by atoms with Gasteiger partial charge in [-0.25, -0.2) is 4.79 Å². The molecule has 0 aromatic carbocycles. The highest BCUT2D eigenvalue weighted by molar-refractivity contribution is 5.73. The molecule has 4 unspecified atom stereocenters. The van der Waals surface area contributed by atoms with Crippen molar-refractivity contribution in [1.29, 1.82) is 0 Å². The van der Waals surface area contributed by atoms with E-state index in [-0.39, 0.29) is 0 Å². The monoisotopic (exact) mass is 604 g/mol. The fraction of sp³-hybridized carbons (Fsp3) is 0.955. The van der Waals surface area contributed by atoms with E-state index in [0.29, 0.717) is 0 Å². The van der Waals surface area contributed by atoms with E-state index in [2.05, 4.69) is 0 Å². The number of ether oxygens (including phenoxy) is 7. The van der Waals surface area contributed by atoms with Crippen LogP contribution in [0.2, 0.25) is 0 Å². The van der Waals surface area contributed by atoms with Gasteiger partial charge in [-0.05, 0) is 0 Å². The summed E-state index contributed by atoms with van der Waals surface area (Å²) in [6, 6.07) is 0. The number of hydrogen-bond acceptors (Lipinski definition) is 18. The predicted molar refractivity (Wildman–Crippen MR) is 121 cm³/mol. The second-order valence-electron chi connectivity index (χ2n) is 10.2. The van der Waals surface area contributed by atoms with Crippen LogP contribution in [-0.2, 0) is 38.0 Å². The molecule has 0 aliphatic carbocycles. The summed E-state index contributed by atoms with van der Waals surface area (Å²) in [4.78, 5) is 11.7. The minimum Gasteiger partial charge on any atom is -0.479 e. The SMILES string of the molecule is O=C(O)C1OCC(O[C@@H]2O[C@H](CO)[C@H](O)[C@H](O)[C@H]2O)C(O[C@@H]2OC[C@H](O)[C@H](O)[C@H]2O[C@@H]2OC[C@@H](O)[C@H](O)[C@H]2O)C1O. The molecular weight excluding hydrogens is 568 g/mol. The van der Waals surface area contributed by atoms with Crippen molar-refractivity contribution in [2.75, 3.05) is 26.4 Å². The van der Waals surface area contributed by atoms with Crippen LogP contribution >= 0.6 is 0 Å². The van der Waals surface area contributed by atoms with Crippen LogP contribution in [0.4, 0.5) is 0 Å². The number of aliphatic carboxylic acids is 1. The molecule has 0 aromatic rings. The Balaban J connectivity index is 1.55. The third-order valence-electron chi connectivity index (χ3n) is 7.32. The van der Waals surface area contributed by atoms with Crippen LogP contribution in [0, 0.1) is 0 Å². The zero-order valence-electron chi connectivity index (χ0n) is 21.3. The zero-order chi connectivity index (χ0) is 30.2. The number of aliphatic hydroxyl groups is 10. The third kappa shape index (κ3) is 6.81. The fourth-order valence-corrected chi connectivity index (χ4v) is 4.88. The minimum atomic E-state index is -1.99. The maximum atomic E-state index is 11.7. The van der Waals surface area contributed by atoms with Crippen LogP contribution in [0.3, 0.4) is 0 Å². The largest absolute Gasteiger partial charge is 0.479 e. The van der Waals surface area contributed by atoms with Crippen LogP contribution < -0.4 is 0 Å². The Morgan fingerprint density at radius 2 is 1.20 bits per heavy atom. The van der Waals surface area contributed by atoms with Crippen molar-refractivity contribution >= 4 is 5.97 Å². The highest BCUT2D eigenvalue weighted by Crippen LogP contribution is 2.32. The molecular formula is C22H36O19. The van der Waals surface area contributed by atoms with E-state index in [0.717, 1.165) is 0 Å². The Hall–Kier alpha value is -1.21. The molecule has 0 amide bonds. The van der Waals surface area contributed by atoms with Crippen molar-refractivity contribution in [3.8, 4) is 0 Å². The first kappa shape index (κ1) is 32.7. The minimum absolute atomic E-state index is 0.464. The van der Waals surface area contributed by atoms with Crippen molar-refractivity contribution in [3.05, 3.63) is 0 Å². The second kappa shape index (κ2) is 13.6. The highest BCUT2D eigenvalue weighted by atomic mass is 16.8. The number of carboxylic acids is 1. The van der Waals surface area contributed by atoms with E-state index in [1.165, 1.54) is 0 Å². The van der Waals surface area contributed by atoms with Gasteiger partial charge in [0.05, 0.1) is 26.4 Å². The van der Waals surface area contributed by atoms with Crippen LogP contribution in [0.25, 0.3) is 0 Å². The van der Waals surface area contributed by atoms with Gasteiger partial charge in [0.15, 0.2) is 25.0 Å². The van der Waals surface area contributed by atoms with E-state index in [9.17, 15) is 61.0 Å². The molecule has 4 heterocycles. The summed E-state index contributed by atoms with van der Waals surface area (Å²) in [6.07, 6.45) is -28.8. The smallest absolute Gasteiger partial charge is 0.335 e. The molecule has 19 heteroatoms. The lowest BCUT2D eigenvalue weighted by atomic mass is 9.97. The Bertz CT molecular complexity index is 863. The highest BCUT2D eigenvalue weighted by Gasteiger charge is 2.53. The standard InChI is InChI=1S/C22H36O19/c23-1-7-11(28)12(29)14(31)21(38-7)39-8-4-35-17(19(33)34)15(32)16(8)40-22-18(10(27)6(25)3-37-22)41-20-13(30)9(26)5(24)2-36-20/h5-18,20-32H,1-4H2,(H,33,34)/t5-,6+,7-,8?,9+,10+,11+,12+,13-,14-,15?,16?,17?,18-,20+,21+,22+/m1/s1. The number of aliphatic hydroxyl groups excluding tert-OH is 10. The van der Waals surface area contributed by atoms with Gasteiger partial charge in [0.1, 0.15) is 79.4 Å². The molecule has 4 aliphatic rings. The summed E-state index contributed by atoms with van der Waals surface area (Å²) in [6.45, 7) is -2.35. The number of rotatable bonds is 8. The zero-order valence-corrected chi connectivity index (χ0v) is 21.3. The molecule has 0 spiro atoms. The van der Waals surface area contributed by atoms with E-state index in [4.69, 9.17) is 33.2 Å². The van der Waals surface area contributed by atoms with Gasteiger partial charge >= 0.3 is 5.97 Å². The summed E-state index contributed by atoms with van der Waals surface area (Å²) in [7, 11) is 0. The summed E-state index contributed by atoms with van der Waals surface area (Å²) in [5.74, 6) is -1.59. The molecule has 0 radical (unpaired) electrons. The van der Waals surface area contributed by atoms with Gasteiger partial charge in [0, 0.05) is 0 Å². The Kier molecular flexibility index (Phi) is 10.9. The van der Waals surface area contributed by atoms with Gasteiger partial charge < -0.3 is 89.3 Å². The van der Waals surface area contributed by atoms with E-state index < -0.39 is 137 Å². The van der Waals surface area contributed by atoms with Crippen LogP contribution in [0.1, 0.15) is 0 Å². The van der Waals surface area contributed by atoms with Gasteiger partial charge in [-0.2, -0.15) is 0 Å². The van der Waals surface area contributed by atoms with Gasteiger partial charge in [-0.3, -0.25) is 0 Å². The third-order valence-corrected chi connectivity index (χ3v) is 7.32. The fourth-order valence-electron chi connectivity index (χ4n) is 4.88. The first-order valence-electron chi connectivity index (χ1n) is 12.8. The maximum Gasteiger partial charge on any atom is 0.335 e. The molecule has 4 fully saturated rings. The normalized spacial score (nSPS) is 51.3. The average molecular weight is 605 g/mol. The lowest BCUT2D eigenvalue weighted by molar-refractivity contribution is -0.371. The van der Waals surface area contributed by atoms with Crippen molar-refractivity contribution in [2.45, 2.75) is 104 Å². The molecule has 4 rings (SSSR count). The molecule has 19 nitrogen and oxygen atoms in total. The summed E-state index contributed by atoms with van der Waals surface area (Å²) in [5, 5.41) is 111. The lowest BCUT2D eigenvalue weighted by Crippen LogP contribution is -2.65. The molecule has 0 saturated carbocycles. The topological polar surface area (TPSA) is 304 Å². The number of carboxylic acid groups (broad SMARTS) is 1. The Morgan fingerprint density at radius 3 is 1.83 bits per heavy atom. The van der Waals surface area contributed by atoms with Gasteiger partial charge in [0.2, 0.25) is 0 Å². The van der Waals surface area contributed by atoms with Crippen LogP contribution in [0.15, 0.2) is 0 Å². The summed E-state index contributed by atoms with van der Waals surface area (Å²) < 4.78 is 38.0. The van der Waals surface area contributed by atoms with Crippen LogP contribution in [0.5, 0.6) is 0 Å². The first-order chi connectivity index (χ1) is 19.3. The maximum absolute atomic E-state index is 11.7. The van der Waals surface area contributed by atoms with Crippen LogP contribution in [-0.4, -0.2) is 193 Å². The van der Waals surface area contributed by atoms with Gasteiger partial charge in [0.25, 0.3) is 0 Å². The lowest BCUT2D eigenvalue weighted by Gasteiger charge is -2.47. The van der Waals surface area contributed by atoms with Crippen molar-refractivity contribution in [1.82, 2.24) is 0 Å². The molecule has 41 heavy (non-hydrogen) atoms. The van der Waals surface area contributed by atoms with Crippen molar-refractivity contribution < 1.29 is 94.1 Å². The summed E-state index contributed by atoms with van der Waals surface area (Å²) in [5.41, 5.74) is 0. The Morgan fingerprint density at radius 1 is 0.610 bits per heavy atom.